The first-order valence-electron chi connectivity index (χ1n) is 11.5. The summed E-state index contributed by atoms with van der Waals surface area (Å²) in [5.41, 5.74) is 1.27. The van der Waals surface area contributed by atoms with Crippen molar-refractivity contribution < 1.29 is 26.4 Å². The number of sulfonamides is 2. The number of hydrogen-bond acceptors (Lipinski definition) is 6. The van der Waals surface area contributed by atoms with E-state index in [1.165, 1.54) is 55.6 Å². The predicted molar refractivity (Wildman–Crippen MR) is 152 cm³/mol. The topological polar surface area (TPSA) is 131 Å². The Morgan fingerprint density at radius 1 is 0.744 bits per heavy atom. The lowest BCUT2D eigenvalue weighted by atomic mass is 10.1. The Kier molecular flexibility index (Phi) is 8.14. The van der Waals surface area contributed by atoms with Gasteiger partial charge in [-0.2, -0.15) is 0 Å². The van der Waals surface area contributed by atoms with Gasteiger partial charge in [0.15, 0.2) is 0 Å². The molecule has 12 heteroatoms. The molecule has 1 amide bonds. The van der Waals surface area contributed by atoms with E-state index >= 15 is 0 Å². The van der Waals surface area contributed by atoms with Gasteiger partial charge in [-0.05, 0) is 67.1 Å². The van der Waals surface area contributed by atoms with Gasteiger partial charge in [-0.3, -0.25) is 14.2 Å². The van der Waals surface area contributed by atoms with Gasteiger partial charge in [-0.1, -0.05) is 48.0 Å². The van der Waals surface area contributed by atoms with Gasteiger partial charge in [-0.15, -0.1) is 0 Å². The zero-order valence-electron chi connectivity index (χ0n) is 20.8. The first-order chi connectivity index (χ1) is 18.5. The van der Waals surface area contributed by atoms with Crippen molar-refractivity contribution in [3.8, 4) is 5.75 Å². The molecule has 4 aromatic rings. The average Bonchev–Trinajstić information content (AvgIpc) is 2.90. The molecule has 0 saturated carbocycles. The van der Waals surface area contributed by atoms with E-state index in [-0.39, 0.29) is 37.4 Å². The molecule has 4 rings (SSSR count). The van der Waals surface area contributed by atoms with E-state index in [9.17, 15) is 21.6 Å². The zero-order valence-corrected chi connectivity index (χ0v) is 23.2. The van der Waals surface area contributed by atoms with Crippen LogP contribution in [0.4, 0.5) is 17.1 Å². The third kappa shape index (κ3) is 6.51. The second-order valence-corrected chi connectivity index (χ2v) is 12.1. The summed E-state index contributed by atoms with van der Waals surface area (Å²) in [7, 11) is -6.65. The van der Waals surface area contributed by atoms with Gasteiger partial charge in [0, 0.05) is 11.3 Å². The van der Waals surface area contributed by atoms with Crippen LogP contribution in [0.25, 0.3) is 0 Å². The van der Waals surface area contributed by atoms with Crippen molar-refractivity contribution >= 4 is 54.6 Å². The van der Waals surface area contributed by atoms with Gasteiger partial charge in [0.25, 0.3) is 26.0 Å². The van der Waals surface area contributed by atoms with E-state index in [0.717, 1.165) is 0 Å². The fraction of sp³-hybridized carbons (Fsp3) is 0.0741. The third-order valence-corrected chi connectivity index (χ3v) is 8.69. The molecule has 0 aliphatic rings. The lowest BCUT2D eigenvalue weighted by Gasteiger charge is -2.14. The van der Waals surface area contributed by atoms with Crippen molar-refractivity contribution in [3.05, 3.63) is 107 Å². The Balaban J connectivity index is 1.57. The summed E-state index contributed by atoms with van der Waals surface area (Å²) < 4.78 is 62.0. The number of halogens is 1. The molecule has 0 unspecified atom stereocenters. The lowest BCUT2D eigenvalue weighted by molar-refractivity contribution is 0.102. The quantitative estimate of drug-likeness (QED) is 0.237. The Hall–Kier alpha value is -4.06. The minimum absolute atomic E-state index is 0.0976. The first kappa shape index (κ1) is 28.0. The molecule has 4 aromatic carbocycles. The molecule has 202 valence electrons. The molecule has 0 aliphatic heterocycles. The van der Waals surface area contributed by atoms with E-state index in [1.807, 2.05) is 0 Å². The van der Waals surface area contributed by atoms with Crippen LogP contribution in [0, 0.1) is 6.92 Å². The SMILES string of the molecule is COc1ccccc1NS(=O)(=O)c1ccc(C)c(C(=O)Nc2cccc(S(=O)(=O)Nc3ccccc3Cl)c2)c1. The molecular weight excluding hydrogens is 562 g/mol. The van der Waals surface area contributed by atoms with E-state index in [4.69, 9.17) is 16.3 Å². The highest BCUT2D eigenvalue weighted by atomic mass is 35.5. The van der Waals surface area contributed by atoms with Gasteiger partial charge >= 0.3 is 0 Å². The van der Waals surface area contributed by atoms with Crippen molar-refractivity contribution in [2.75, 3.05) is 21.9 Å². The molecule has 0 atom stereocenters. The molecule has 3 N–H and O–H groups in total. The smallest absolute Gasteiger partial charge is 0.262 e. The summed E-state index contributed by atoms with van der Waals surface area (Å²) in [6.07, 6.45) is 0. The van der Waals surface area contributed by atoms with Gasteiger partial charge in [0.1, 0.15) is 5.75 Å². The Morgan fingerprint density at radius 2 is 1.36 bits per heavy atom. The van der Waals surface area contributed by atoms with Crippen LogP contribution in [-0.2, 0) is 20.0 Å². The van der Waals surface area contributed by atoms with Crippen molar-refractivity contribution in [2.24, 2.45) is 0 Å². The number of carbonyl (C=O) groups excluding carboxylic acids is 1. The second kappa shape index (κ2) is 11.4. The number of rotatable bonds is 9. The number of aryl methyl sites for hydroxylation is 1. The average molecular weight is 586 g/mol. The summed E-state index contributed by atoms with van der Waals surface area (Å²) >= 11 is 6.07. The number of hydrogen-bond donors (Lipinski definition) is 3. The Labute approximate surface area is 231 Å². The maximum absolute atomic E-state index is 13.1. The number of carbonyl (C=O) groups is 1. The largest absolute Gasteiger partial charge is 0.495 e. The van der Waals surface area contributed by atoms with E-state index in [1.54, 1.807) is 49.4 Å². The highest BCUT2D eigenvalue weighted by Crippen LogP contribution is 2.28. The maximum Gasteiger partial charge on any atom is 0.262 e. The number of methoxy groups -OCH3 is 1. The Morgan fingerprint density at radius 3 is 2.05 bits per heavy atom. The molecule has 9 nitrogen and oxygen atoms in total. The van der Waals surface area contributed by atoms with E-state index in [0.29, 0.717) is 11.3 Å². The fourth-order valence-electron chi connectivity index (χ4n) is 3.63. The molecule has 0 aliphatic carbocycles. The summed E-state index contributed by atoms with van der Waals surface area (Å²) in [6, 6.07) is 22.7. The summed E-state index contributed by atoms with van der Waals surface area (Å²) in [5, 5.41) is 2.87. The molecule has 0 aromatic heterocycles. The standard InChI is InChI=1S/C27H24ClN3O6S2/c1-18-14-15-21(39(35,36)31-25-12-5-6-13-26(25)37-2)17-22(18)27(32)29-19-8-7-9-20(16-19)38(33,34)30-24-11-4-3-10-23(24)28/h3-17,30-31H,1-2H3,(H,29,32). The molecule has 0 radical (unpaired) electrons. The second-order valence-electron chi connectivity index (χ2n) is 8.35. The number of nitrogens with one attached hydrogen (secondary N) is 3. The highest BCUT2D eigenvalue weighted by molar-refractivity contribution is 7.93. The predicted octanol–water partition coefficient (Wildman–Crippen LogP) is 5.51. The summed E-state index contributed by atoms with van der Waals surface area (Å²) in [6.45, 7) is 1.66. The molecular formula is C27H24ClN3O6S2. The molecule has 0 fully saturated rings. The van der Waals surface area contributed by atoms with E-state index < -0.39 is 26.0 Å². The monoisotopic (exact) mass is 585 g/mol. The number of para-hydroxylation sites is 3. The number of ether oxygens (including phenoxy) is 1. The highest BCUT2D eigenvalue weighted by Gasteiger charge is 2.21. The van der Waals surface area contributed by atoms with Gasteiger partial charge in [0.05, 0.1) is 33.3 Å². The molecule has 39 heavy (non-hydrogen) atoms. The van der Waals surface area contributed by atoms with Crippen LogP contribution in [0.1, 0.15) is 15.9 Å². The van der Waals surface area contributed by atoms with Crippen LogP contribution in [0.3, 0.4) is 0 Å². The maximum atomic E-state index is 13.1. The van der Waals surface area contributed by atoms with Crippen molar-refractivity contribution in [2.45, 2.75) is 16.7 Å². The van der Waals surface area contributed by atoms with Crippen LogP contribution in [0.5, 0.6) is 5.75 Å². The van der Waals surface area contributed by atoms with Gasteiger partial charge in [0.2, 0.25) is 0 Å². The number of anilines is 3. The van der Waals surface area contributed by atoms with Crippen LogP contribution in [-0.4, -0.2) is 29.9 Å². The van der Waals surface area contributed by atoms with Gasteiger partial charge in [-0.25, -0.2) is 16.8 Å². The van der Waals surface area contributed by atoms with Crippen molar-refractivity contribution in [3.63, 3.8) is 0 Å². The minimum Gasteiger partial charge on any atom is -0.495 e. The first-order valence-corrected chi connectivity index (χ1v) is 14.8. The number of benzene rings is 4. The third-order valence-electron chi connectivity index (χ3n) is 5.64. The minimum atomic E-state index is -4.06. The normalized spacial score (nSPS) is 11.5. The summed E-state index contributed by atoms with van der Waals surface area (Å²) in [4.78, 5) is 12.9. The van der Waals surface area contributed by atoms with Crippen LogP contribution >= 0.6 is 11.6 Å². The molecule has 0 heterocycles. The number of amides is 1. The van der Waals surface area contributed by atoms with Crippen molar-refractivity contribution in [1.29, 1.82) is 0 Å². The fourth-order valence-corrected chi connectivity index (χ4v) is 6.09. The summed E-state index contributed by atoms with van der Waals surface area (Å²) in [5.74, 6) is -0.277. The van der Waals surface area contributed by atoms with E-state index in [2.05, 4.69) is 14.8 Å². The molecule has 0 saturated heterocycles. The molecule has 0 spiro atoms. The van der Waals surface area contributed by atoms with Crippen molar-refractivity contribution in [1.82, 2.24) is 0 Å². The lowest BCUT2D eigenvalue weighted by Crippen LogP contribution is -2.18. The van der Waals surface area contributed by atoms with Crippen LogP contribution in [0.2, 0.25) is 5.02 Å². The van der Waals surface area contributed by atoms with Gasteiger partial charge < -0.3 is 10.1 Å². The zero-order chi connectivity index (χ0) is 28.2. The van der Waals surface area contributed by atoms with Crippen LogP contribution < -0.4 is 19.5 Å². The Bertz CT molecular complexity index is 1760. The van der Waals surface area contributed by atoms with Crippen LogP contribution in [0.15, 0.2) is 101 Å². The molecule has 0 bridgehead atoms.